The summed E-state index contributed by atoms with van der Waals surface area (Å²) in [5.74, 6) is -0.790. The number of carbonyl (C=O) groups excluding carboxylic acids is 2. The Morgan fingerprint density at radius 1 is 1.20 bits per heavy atom. The summed E-state index contributed by atoms with van der Waals surface area (Å²) in [6, 6.07) is 7.48. The van der Waals surface area contributed by atoms with Crippen LogP contribution >= 0.6 is 0 Å². The van der Waals surface area contributed by atoms with Gasteiger partial charge in [0.05, 0.1) is 11.1 Å². The quantitative estimate of drug-likeness (QED) is 0.815. The van der Waals surface area contributed by atoms with Crippen molar-refractivity contribution in [1.82, 2.24) is 10.3 Å². The van der Waals surface area contributed by atoms with Crippen LogP contribution in [-0.2, 0) is 16.0 Å². The van der Waals surface area contributed by atoms with Gasteiger partial charge in [0, 0.05) is 16.6 Å². The zero-order valence-corrected chi connectivity index (χ0v) is 15.6. The summed E-state index contributed by atoms with van der Waals surface area (Å²) in [6.45, 7) is 9.43. The van der Waals surface area contributed by atoms with E-state index in [9.17, 15) is 9.59 Å². The molecule has 5 nitrogen and oxygen atoms in total. The van der Waals surface area contributed by atoms with Crippen molar-refractivity contribution in [3.05, 3.63) is 41.1 Å². The average molecular weight is 342 g/mol. The van der Waals surface area contributed by atoms with Crippen LogP contribution in [0.1, 0.15) is 55.7 Å². The molecule has 0 saturated carbocycles. The summed E-state index contributed by atoms with van der Waals surface area (Å²) in [7, 11) is 0. The number of ether oxygens (including phenoxy) is 1. The molecule has 0 fully saturated rings. The van der Waals surface area contributed by atoms with Gasteiger partial charge >= 0.3 is 5.97 Å². The minimum absolute atomic E-state index is 0.292. The lowest BCUT2D eigenvalue weighted by Gasteiger charge is -2.24. The highest BCUT2D eigenvalue weighted by molar-refractivity contribution is 6.05. The summed E-state index contributed by atoms with van der Waals surface area (Å²) in [6.07, 6.45) is 1.52. The van der Waals surface area contributed by atoms with Crippen LogP contribution in [0, 0.1) is 6.92 Å². The first-order valence-electron chi connectivity index (χ1n) is 8.65. The third-order valence-electron chi connectivity index (χ3n) is 4.47. The number of aryl methyl sites for hydroxylation is 1. The van der Waals surface area contributed by atoms with Crippen molar-refractivity contribution in [2.24, 2.45) is 0 Å². The molecule has 2 aromatic rings. The van der Waals surface area contributed by atoms with Crippen molar-refractivity contribution in [2.45, 2.75) is 53.0 Å². The summed E-state index contributed by atoms with van der Waals surface area (Å²) in [5.41, 5.74) is 2.60. The smallest absolute Gasteiger partial charge is 0.339 e. The number of rotatable bonds is 6. The predicted octanol–water partition coefficient (Wildman–Crippen LogP) is 3.57. The van der Waals surface area contributed by atoms with Crippen LogP contribution < -0.4 is 5.32 Å². The zero-order chi connectivity index (χ0) is 18.6. The van der Waals surface area contributed by atoms with Gasteiger partial charge in [0.25, 0.3) is 5.91 Å². The number of hydrogen-bond acceptors (Lipinski definition) is 4. The standard InChI is InChI=1S/C20H26N2O3/c1-6-15-13(3)18(14-10-8-9-11-16(14)21-15)19(24)25-12-17(23)22-20(4,5)7-2/h8-11H,6-7,12H2,1-5H3,(H,22,23). The van der Waals surface area contributed by atoms with E-state index in [1.54, 1.807) is 0 Å². The number of fused-ring (bicyclic) bond motifs is 1. The minimum atomic E-state index is -0.491. The molecule has 1 heterocycles. The Kier molecular flexibility index (Phi) is 5.77. The fraction of sp³-hybridized carbons (Fsp3) is 0.450. The molecule has 1 aromatic heterocycles. The molecule has 0 bridgehead atoms. The van der Waals surface area contributed by atoms with Gasteiger partial charge in [-0.05, 0) is 45.2 Å². The van der Waals surface area contributed by atoms with Gasteiger partial charge < -0.3 is 10.1 Å². The lowest BCUT2D eigenvalue weighted by Crippen LogP contribution is -2.44. The number of nitrogens with one attached hydrogen (secondary N) is 1. The van der Waals surface area contributed by atoms with Gasteiger partial charge in [-0.1, -0.05) is 32.0 Å². The molecule has 0 aliphatic rings. The molecule has 0 unspecified atom stereocenters. The minimum Gasteiger partial charge on any atom is -0.452 e. The van der Waals surface area contributed by atoms with Crippen molar-refractivity contribution in [3.63, 3.8) is 0 Å². The summed E-state index contributed by atoms with van der Waals surface area (Å²) >= 11 is 0. The Morgan fingerprint density at radius 3 is 2.52 bits per heavy atom. The van der Waals surface area contributed by atoms with E-state index in [1.807, 2.05) is 58.9 Å². The van der Waals surface area contributed by atoms with Crippen LogP contribution in [0.2, 0.25) is 0 Å². The second kappa shape index (κ2) is 7.64. The Morgan fingerprint density at radius 2 is 1.88 bits per heavy atom. The number of aromatic nitrogens is 1. The predicted molar refractivity (Wildman–Crippen MR) is 98.7 cm³/mol. The largest absolute Gasteiger partial charge is 0.452 e. The molecule has 0 aliphatic heterocycles. The number of para-hydroxylation sites is 1. The van der Waals surface area contributed by atoms with Crippen molar-refractivity contribution in [1.29, 1.82) is 0 Å². The number of pyridine rings is 1. The molecule has 2 rings (SSSR count). The average Bonchev–Trinajstić information content (AvgIpc) is 2.58. The van der Waals surface area contributed by atoms with E-state index in [-0.39, 0.29) is 18.1 Å². The molecular weight excluding hydrogens is 316 g/mol. The molecule has 134 valence electrons. The fourth-order valence-electron chi connectivity index (χ4n) is 2.67. The van der Waals surface area contributed by atoms with E-state index < -0.39 is 5.97 Å². The van der Waals surface area contributed by atoms with E-state index in [1.165, 1.54) is 0 Å². The number of esters is 1. The molecule has 0 atom stereocenters. The highest BCUT2D eigenvalue weighted by Crippen LogP contribution is 2.24. The number of hydrogen-bond donors (Lipinski definition) is 1. The van der Waals surface area contributed by atoms with E-state index in [4.69, 9.17) is 4.74 Å². The van der Waals surface area contributed by atoms with E-state index >= 15 is 0 Å². The number of benzene rings is 1. The maximum Gasteiger partial charge on any atom is 0.339 e. The van der Waals surface area contributed by atoms with Crippen LogP contribution in [0.4, 0.5) is 0 Å². The first-order valence-corrected chi connectivity index (χ1v) is 8.65. The second-order valence-corrected chi connectivity index (χ2v) is 6.79. The molecule has 1 aromatic carbocycles. The van der Waals surface area contributed by atoms with Gasteiger partial charge in [0.1, 0.15) is 0 Å². The number of carbonyl (C=O) groups is 2. The Balaban J connectivity index is 2.25. The maximum atomic E-state index is 12.7. The van der Waals surface area contributed by atoms with Crippen LogP contribution in [0.3, 0.4) is 0 Å². The summed E-state index contributed by atoms with van der Waals surface area (Å²) in [5, 5.41) is 3.61. The molecule has 5 heteroatoms. The van der Waals surface area contributed by atoms with Crippen molar-refractivity contribution in [3.8, 4) is 0 Å². The monoisotopic (exact) mass is 342 g/mol. The van der Waals surface area contributed by atoms with Gasteiger partial charge in [0.15, 0.2) is 6.61 Å². The lowest BCUT2D eigenvalue weighted by molar-refractivity contribution is -0.125. The zero-order valence-electron chi connectivity index (χ0n) is 15.6. The van der Waals surface area contributed by atoms with Crippen LogP contribution in [0.5, 0.6) is 0 Å². The van der Waals surface area contributed by atoms with Crippen molar-refractivity contribution in [2.75, 3.05) is 6.61 Å². The van der Waals surface area contributed by atoms with E-state index in [2.05, 4.69) is 10.3 Å². The third kappa shape index (κ3) is 4.35. The first kappa shape index (κ1) is 18.9. The SMILES string of the molecule is CCc1nc2ccccc2c(C(=O)OCC(=O)NC(C)(C)CC)c1C. The van der Waals surface area contributed by atoms with Crippen LogP contribution in [-0.4, -0.2) is 29.0 Å². The number of nitrogens with zero attached hydrogens (tertiary/aromatic N) is 1. The highest BCUT2D eigenvalue weighted by Gasteiger charge is 2.21. The van der Waals surface area contributed by atoms with E-state index in [0.717, 1.165) is 35.0 Å². The normalized spacial score (nSPS) is 11.4. The lowest BCUT2D eigenvalue weighted by atomic mass is 10.0. The Hall–Kier alpha value is -2.43. The summed E-state index contributed by atoms with van der Waals surface area (Å²) in [4.78, 5) is 29.3. The second-order valence-electron chi connectivity index (χ2n) is 6.79. The van der Waals surface area contributed by atoms with Gasteiger partial charge in [-0.25, -0.2) is 4.79 Å². The molecule has 1 amide bonds. The summed E-state index contributed by atoms with van der Waals surface area (Å²) < 4.78 is 5.29. The first-order chi connectivity index (χ1) is 11.8. The molecule has 0 radical (unpaired) electrons. The van der Waals surface area contributed by atoms with Gasteiger partial charge in [-0.3, -0.25) is 9.78 Å². The maximum absolute atomic E-state index is 12.7. The van der Waals surface area contributed by atoms with Crippen LogP contribution in [0.25, 0.3) is 10.9 Å². The Labute approximate surface area is 148 Å². The highest BCUT2D eigenvalue weighted by atomic mass is 16.5. The molecule has 0 saturated heterocycles. The Bertz CT molecular complexity index is 797. The number of amides is 1. The molecule has 25 heavy (non-hydrogen) atoms. The van der Waals surface area contributed by atoms with Crippen molar-refractivity contribution < 1.29 is 14.3 Å². The van der Waals surface area contributed by atoms with Gasteiger partial charge in [-0.2, -0.15) is 0 Å². The van der Waals surface area contributed by atoms with Gasteiger partial charge in [-0.15, -0.1) is 0 Å². The topological polar surface area (TPSA) is 68.3 Å². The third-order valence-corrected chi connectivity index (χ3v) is 4.47. The molecular formula is C20H26N2O3. The van der Waals surface area contributed by atoms with Crippen molar-refractivity contribution >= 4 is 22.8 Å². The fourth-order valence-corrected chi connectivity index (χ4v) is 2.67. The molecule has 0 aliphatic carbocycles. The van der Waals surface area contributed by atoms with Gasteiger partial charge in [0.2, 0.25) is 0 Å². The van der Waals surface area contributed by atoms with Crippen LogP contribution in [0.15, 0.2) is 24.3 Å². The van der Waals surface area contributed by atoms with E-state index in [0.29, 0.717) is 5.56 Å². The molecule has 0 spiro atoms. The molecule has 1 N–H and O–H groups in total.